The first kappa shape index (κ1) is 18.1. The van der Waals surface area contributed by atoms with Crippen LogP contribution in [0.5, 0.6) is 0 Å². The first-order valence-corrected chi connectivity index (χ1v) is 7.16. The zero-order valence-corrected chi connectivity index (χ0v) is 13.8. The van der Waals surface area contributed by atoms with Gasteiger partial charge in [0.05, 0.1) is 18.3 Å². The molecule has 2 heterocycles. The highest BCUT2D eigenvalue weighted by atomic mass is 16.7. The summed E-state index contributed by atoms with van der Waals surface area (Å²) in [5.74, 6) is -1.25. The highest BCUT2D eigenvalue weighted by Gasteiger charge is 2.40. The van der Waals surface area contributed by atoms with Gasteiger partial charge in [-0.1, -0.05) is 6.08 Å². The molecule has 122 valence electrons. The molecule has 0 aliphatic carbocycles. The second-order valence-corrected chi connectivity index (χ2v) is 7.02. The van der Waals surface area contributed by atoms with Crippen LogP contribution < -0.4 is 11.1 Å². The lowest BCUT2D eigenvalue weighted by atomic mass is 9.97. The summed E-state index contributed by atoms with van der Waals surface area (Å²) in [5.41, 5.74) is 5.17. The van der Waals surface area contributed by atoms with Crippen molar-refractivity contribution in [2.24, 2.45) is 5.73 Å². The van der Waals surface area contributed by atoms with Gasteiger partial charge in [0.15, 0.2) is 5.79 Å². The van der Waals surface area contributed by atoms with Crippen molar-refractivity contribution in [2.45, 2.75) is 64.5 Å². The molecule has 1 saturated heterocycles. The van der Waals surface area contributed by atoms with E-state index in [1.807, 2.05) is 41.5 Å². The third kappa shape index (κ3) is 5.07. The van der Waals surface area contributed by atoms with E-state index < -0.39 is 17.3 Å². The molecule has 2 rings (SSSR count). The first-order valence-electron chi connectivity index (χ1n) is 7.16. The Morgan fingerprint density at radius 1 is 1.38 bits per heavy atom. The second-order valence-electron chi connectivity index (χ2n) is 7.02. The molecule has 0 spiro atoms. The normalized spacial score (nSPS) is 28.5. The number of hydrogen-bond acceptors (Lipinski definition) is 5. The maximum absolute atomic E-state index is 10.8. The molecule has 6 nitrogen and oxygen atoms in total. The SMILES string of the molecule is CC1(C)C=C(C(=O)O)C(C)(C)N1.CC1(C)OCC(CN)O1. The van der Waals surface area contributed by atoms with Crippen molar-refractivity contribution < 1.29 is 19.4 Å². The minimum atomic E-state index is -0.835. The number of rotatable bonds is 2. The van der Waals surface area contributed by atoms with Crippen molar-refractivity contribution >= 4 is 5.97 Å². The van der Waals surface area contributed by atoms with Gasteiger partial charge in [-0.15, -0.1) is 0 Å². The van der Waals surface area contributed by atoms with Crippen molar-refractivity contribution in [1.29, 1.82) is 0 Å². The molecule has 6 heteroatoms. The van der Waals surface area contributed by atoms with Gasteiger partial charge in [0, 0.05) is 17.6 Å². The Bertz CT molecular complexity index is 427. The van der Waals surface area contributed by atoms with Gasteiger partial charge in [0.2, 0.25) is 0 Å². The number of aliphatic carboxylic acids is 1. The molecule has 1 fully saturated rings. The van der Waals surface area contributed by atoms with Crippen LogP contribution in [0.2, 0.25) is 0 Å². The van der Waals surface area contributed by atoms with E-state index in [2.05, 4.69) is 5.32 Å². The van der Waals surface area contributed by atoms with Crippen molar-refractivity contribution in [3.8, 4) is 0 Å². The van der Waals surface area contributed by atoms with E-state index in [4.69, 9.17) is 20.3 Å². The smallest absolute Gasteiger partial charge is 0.333 e. The fraction of sp³-hybridized carbons (Fsp3) is 0.800. The Hall–Kier alpha value is -0.950. The Labute approximate surface area is 126 Å². The van der Waals surface area contributed by atoms with E-state index in [1.165, 1.54) is 0 Å². The van der Waals surface area contributed by atoms with E-state index in [-0.39, 0.29) is 11.6 Å². The summed E-state index contributed by atoms with van der Waals surface area (Å²) in [6, 6.07) is 0. The topological polar surface area (TPSA) is 93.8 Å². The minimum absolute atomic E-state index is 0.0972. The lowest BCUT2D eigenvalue weighted by molar-refractivity contribution is -0.137. The van der Waals surface area contributed by atoms with E-state index in [0.717, 1.165) is 0 Å². The summed E-state index contributed by atoms with van der Waals surface area (Å²) >= 11 is 0. The van der Waals surface area contributed by atoms with Crippen LogP contribution in [0.1, 0.15) is 41.5 Å². The van der Waals surface area contributed by atoms with Crippen molar-refractivity contribution in [1.82, 2.24) is 5.32 Å². The van der Waals surface area contributed by atoms with Gasteiger partial charge in [-0.2, -0.15) is 0 Å². The predicted molar refractivity (Wildman–Crippen MR) is 81.0 cm³/mol. The molecular formula is C15H28N2O4. The Kier molecular flexibility index (Phi) is 5.21. The van der Waals surface area contributed by atoms with E-state index in [0.29, 0.717) is 18.7 Å². The Morgan fingerprint density at radius 2 is 1.95 bits per heavy atom. The summed E-state index contributed by atoms with van der Waals surface area (Å²) in [6.07, 6.45) is 1.87. The molecule has 2 aliphatic heterocycles. The maximum atomic E-state index is 10.8. The van der Waals surface area contributed by atoms with E-state index >= 15 is 0 Å². The molecular weight excluding hydrogens is 272 g/mol. The summed E-state index contributed by atoms with van der Waals surface area (Å²) in [6.45, 7) is 12.6. The number of carboxylic acid groups (broad SMARTS) is 1. The molecule has 0 saturated carbocycles. The molecule has 4 N–H and O–H groups in total. The van der Waals surface area contributed by atoms with E-state index in [9.17, 15) is 4.79 Å². The minimum Gasteiger partial charge on any atom is -0.478 e. The lowest BCUT2D eigenvalue weighted by Crippen LogP contribution is -2.46. The van der Waals surface area contributed by atoms with Gasteiger partial charge >= 0.3 is 5.97 Å². The molecule has 21 heavy (non-hydrogen) atoms. The molecule has 0 radical (unpaired) electrons. The summed E-state index contributed by atoms with van der Waals surface area (Å²) in [5, 5.41) is 12.1. The zero-order valence-electron chi connectivity index (χ0n) is 13.8. The molecule has 0 aromatic carbocycles. The van der Waals surface area contributed by atoms with Gasteiger partial charge in [-0.3, -0.25) is 5.32 Å². The fourth-order valence-corrected chi connectivity index (χ4v) is 2.66. The standard InChI is InChI=1S/C9H15NO2.C6H13NO2/c1-8(2)5-6(7(11)12)9(3,4)10-8;1-6(2)8-4-5(3-7)9-6/h5,10H,1-4H3,(H,11,12);5H,3-4,7H2,1-2H3. The largest absolute Gasteiger partial charge is 0.478 e. The molecule has 0 aromatic heterocycles. The quantitative estimate of drug-likeness (QED) is 0.711. The number of carbonyl (C=O) groups is 1. The summed E-state index contributed by atoms with van der Waals surface area (Å²) in [4.78, 5) is 10.8. The van der Waals surface area contributed by atoms with Crippen molar-refractivity contribution in [3.05, 3.63) is 11.6 Å². The number of hydrogen-bond donors (Lipinski definition) is 3. The van der Waals surface area contributed by atoms with Crippen LogP contribution in [-0.2, 0) is 14.3 Å². The number of ether oxygens (including phenoxy) is 2. The average molecular weight is 300 g/mol. The fourth-order valence-electron chi connectivity index (χ4n) is 2.66. The number of nitrogens with two attached hydrogens (primary N) is 1. The highest BCUT2D eigenvalue weighted by Crippen LogP contribution is 2.29. The molecule has 0 bridgehead atoms. The average Bonchev–Trinajstić information content (AvgIpc) is 2.75. The predicted octanol–water partition coefficient (Wildman–Crippen LogP) is 1.25. The third-order valence-electron chi connectivity index (χ3n) is 3.37. The molecule has 2 aliphatic rings. The van der Waals surface area contributed by atoms with E-state index in [1.54, 1.807) is 6.08 Å². The van der Waals surface area contributed by atoms with Crippen LogP contribution in [0, 0.1) is 0 Å². The number of nitrogens with one attached hydrogen (secondary N) is 1. The molecule has 1 atom stereocenters. The van der Waals surface area contributed by atoms with Crippen molar-refractivity contribution in [2.75, 3.05) is 13.2 Å². The van der Waals surface area contributed by atoms with Crippen LogP contribution >= 0.6 is 0 Å². The lowest BCUT2D eigenvalue weighted by Gasteiger charge is -2.26. The van der Waals surface area contributed by atoms with Gasteiger partial charge in [-0.25, -0.2) is 4.79 Å². The van der Waals surface area contributed by atoms with Crippen LogP contribution in [0.15, 0.2) is 11.6 Å². The van der Waals surface area contributed by atoms with Crippen LogP contribution in [0.25, 0.3) is 0 Å². The van der Waals surface area contributed by atoms with Crippen LogP contribution in [0.4, 0.5) is 0 Å². The van der Waals surface area contributed by atoms with Gasteiger partial charge in [0.1, 0.15) is 0 Å². The van der Waals surface area contributed by atoms with Crippen molar-refractivity contribution in [3.63, 3.8) is 0 Å². The van der Waals surface area contributed by atoms with Gasteiger partial charge in [0.25, 0.3) is 0 Å². The summed E-state index contributed by atoms with van der Waals surface area (Å²) < 4.78 is 10.6. The Balaban J connectivity index is 0.000000219. The maximum Gasteiger partial charge on any atom is 0.333 e. The monoisotopic (exact) mass is 300 g/mol. The Morgan fingerprint density at radius 3 is 2.14 bits per heavy atom. The molecule has 0 aromatic rings. The molecule has 0 amide bonds. The second kappa shape index (κ2) is 6.04. The highest BCUT2D eigenvalue weighted by molar-refractivity contribution is 5.90. The first-order chi connectivity index (χ1) is 9.38. The molecule has 1 unspecified atom stereocenters. The van der Waals surface area contributed by atoms with Gasteiger partial charge < -0.3 is 20.3 Å². The zero-order chi connectivity index (χ0) is 16.5. The van der Waals surface area contributed by atoms with Crippen LogP contribution in [0.3, 0.4) is 0 Å². The van der Waals surface area contributed by atoms with Crippen LogP contribution in [-0.4, -0.2) is 47.2 Å². The van der Waals surface area contributed by atoms with Gasteiger partial charge in [-0.05, 0) is 41.5 Å². The number of carboxylic acids is 1. The third-order valence-corrected chi connectivity index (χ3v) is 3.37. The summed E-state index contributed by atoms with van der Waals surface area (Å²) in [7, 11) is 0.